The monoisotopic (exact) mass is 256 g/mol. The average Bonchev–Trinajstić information content (AvgIpc) is 2.82. The van der Waals surface area contributed by atoms with Crippen molar-refractivity contribution in [2.45, 2.75) is 0 Å². The molecule has 2 aromatic rings. The predicted octanol–water partition coefficient (Wildman–Crippen LogP) is 0.411. The molecule has 2 aromatic heterocycles. The van der Waals surface area contributed by atoms with Crippen LogP contribution in [-0.4, -0.2) is 32.4 Å². The molecule has 0 saturated heterocycles. The summed E-state index contributed by atoms with van der Waals surface area (Å²) in [5.41, 5.74) is 0.869. The lowest BCUT2D eigenvalue weighted by molar-refractivity contribution is 0.102. The third-order valence-electron chi connectivity index (χ3n) is 2.43. The van der Waals surface area contributed by atoms with Gasteiger partial charge in [-0.05, 0) is 6.07 Å². The molecule has 0 aliphatic heterocycles. The van der Waals surface area contributed by atoms with Crippen molar-refractivity contribution in [1.82, 2.24) is 14.8 Å². The number of nitrogens with one attached hydrogen (secondary N) is 1. The normalized spacial score (nSPS) is 9.58. The summed E-state index contributed by atoms with van der Waals surface area (Å²) in [4.78, 5) is 16.1. The molecule has 0 aromatic carbocycles. The Hall–Kier alpha value is -2.65. The van der Waals surface area contributed by atoms with Crippen molar-refractivity contribution >= 4 is 11.7 Å². The van der Waals surface area contributed by atoms with Crippen molar-refractivity contribution in [2.24, 2.45) is 7.05 Å². The van der Waals surface area contributed by atoms with Crippen LogP contribution >= 0.6 is 0 Å². The first-order chi connectivity index (χ1) is 9.22. The van der Waals surface area contributed by atoms with Gasteiger partial charge in [-0.25, -0.2) is 0 Å². The van der Waals surface area contributed by atoms with Gasteiger partial charge in [-0.1, -0.05) is 11.8 Å². The number of pyridine rings is 1. The molecular formula is C13H12N4O2. The fraction of sp³-hybridized carbons (Fsp3) is 0.154. The highest BCUT2D eigenvalue weighted by atomic mass is 16.2. The first kappa shape index (κ1) is 12.8. The quantitative estimate of drug-likeness (QED) is 0.763. The molecule has 2 N–H and O–H groups in total. The fourth-order valence-electron chi connectivity index (χ4n) is 1.51. The highest BCUT2D eigenvalue weighted by Gasteiger charge is 2.11. The van der Waals surface area contributed by atoms with Gasteiger partial charge in [-0.3, -0.25) is 14.5 Å². The second-order valence-corrected chi connectivity index (χ2v) is 3.68. The molecule has 0 unspecified atom stereocenters. The van der Waals surface area contributed by atoms with Crippen LogP contribution < -0.4 is 5.32 Å². The number of aryl methyl sites for hydroxylation is 1. The van der Waals surface area contributed by atoms with Crippen LogP contribution in [0.2, 0.25) is 0 Å². The Morgan fingerprint density at radius 3 is 3.00 bits per heavy atom. The molecule has 0 atom stereocenters. The van der Waals surface area contributed by atoms with E-state index in [2.05, 4.69) is 27.2 Å². The molecule has 6 heteroatoms. The van der Waals surface area contributed by atoms with Gasteiger partial charge in [-0.15, -0.1) is 0 Å². The number of carbonyl (C=O) groups excluding carboxylic acids is 1. The second kappa shape index (κ2) is 5.80. The van der Waals surface area contributed by atoms with E-state index in [0.29, 0.717) is 16.9 Å². The minimum absolute atomic E-state index is 0.266. The van der Waals surface area contributed by atoms with Gasteiger partial charge >= 0.3 is 0 Å². The largest absolute Gasteiger partial charge is 0.384 e. The van der Waals surface area contributed by atoms with Crippen molar-refractivity contribution in [3.8, 4) is 11.8 Å². The standard InChI is InChI=1S/C13H12N4O2/c1-17-12(5-7-15-17)16-13(19)11-4-6-14-9-10(11)3-2-8-18/h4-7,9,18H,8H2,1H3,(H,16,19). The zero-order valence-electron chi connectivity index (χ0n) is 10.3. The van der Waals surface area contributed by atoms with Crippen LogP contribution in [0.5, 0.6) is 0 Å². The third kappa shape index (κ3) is 2.97. The molecule has 2 rings (SSSR count). The van der Waals surface area contributed by atoms with E-state index in [1.165, 1.54) is 12.4 Å². The smallest absolute Gasteiger partial charge is 0.258 e. The summed E-state index contributed by atoms with van der Waals surface area (Å²) in [5, 5.41) is 15.4. The highest BCUT2D eigenvalue weighted by molar-refractivity contribution is 6.05. The predicted molar refractivity (Wildman–Crippen MR) is 69.4 cm³/mol. The van der Waals surface area contributed by atoms with E-state index >= 15 is 0 Å². The Morgan fingerprint density at radius 1 is 1.47 bits per heavy atom. The molecular weight excluding hydrogens is 244 g/mol. The number of amides is 1. The van der Waals surface area contributed by atoms with Crippen molar-refractivity contribution in [3.63, 3.8) is 0 Å². The van der Waals surface area contributed by atoms with E-state index in [9.17, 15) is 4.79 Å². The van der Waals surface area contributed by atoms with E-state index in [-0.39, 0.29) is 12.5 Å². The number of hydrogen-bond acceptors (Lipinski definition) is 4. The molecule has 0 fully saturated rings. The van der Waals surface area contributed by atoms with Crippen LogP contribution in [0.4, 0.5) is 5.82 Å². The number of nitrogens with zero attached hydrogens (tertiary/aromatic N) is 3. The Labute approximate surface area is 110 Å². The SMILES string of the molecule is Cn1nccc1NC(=O)c1ccncc1C#CCO. The summed E-state index contributed by atoms with van der Waals surface area (Å²) in [6.45, 7) is -0.266. The van der Waals surface area contributed by atoms with Crippen molar-refractivity contribution in [2.75, 3.05) is 11.9 Å². The van der Waals surface area contributed by atoms with Gasteiger partial charge in [0.05, 0.1) is 17.3 Å². The molecule has 19 heavy (non-hydrogen) atoms. The molecule has 96 valence electrons. The van der Waals surface area contributed by atoms with Crippen LogP contribution in [0, 0.1) is 11.8 Å². The van der Waals surface area contributed by atoms with Crippen molar-refractivity contribution in [3.05, 3.63) is 41.9 Å². The third-order valence-corrected chi connectivity index (χ3v) is 2.43. The molecule has 0 spiro atoms. The Bertz CT molecular complexity index is 652. The molecule has 0 aliphatic carbocycles. The van der Waals surface area contributed by atoms with Gasteiger partial charge in [0, 0.05) is 25.5 Å². The number of aliphatic hydroxyl groups is 1. The maximum Gasteiger partial charge on any atom is 0.258 e. The summed E-state index contributed by atoms with van der Waals surface area (Å²) in [6, 6.07) is 3.27. The summed E-state index contributed by atoms with van der Waals surface area (Å²) in [5.74, 6) is 5.48. The van der Waals surface area contributed by atoms with Gasteiger partial charge in [0.15, 0.2) is 0 Å². The topological polar surface area (TPSA) is 80.0 Å². The molecule has 0 radical (unpaired) electrons. The number of carbonyl (C=O) groups is 1. The van der Waals surface area contributed by atoms with Gasteiger partial charge in [0.25, 0.3) is 5.91 Å². The van der Waals surface area contributed by atoms with Crippen molar-refractivity contribution < 1.29 is 9.90 Å². The van der Waals surface area contributed by atoms with Gasteiger partial charge in [0.1, 0.15) is 12.4 Å². The maximum atomic E-state index is 12.1. The zero-order chi connectivity index (χ0) is 13.7. The van der Waals surface area contributed by atoms with E-state index in [4.69, 9.17) is 5.11 Å². The minimum atomic E-state index is -0.298. The molecule has 0 aliphatic rings. The van der Waals surface area contributed by atoms with E-state index in [0.717, 1.165) is 0 Å². The first-order valence-electron chi connectivity index (χ1n) is 5.55. The average molecular weight is 256 g/mol. The Balaban J connectivity index is 2.26. The van der Waals surface area contributed by atoms with Crippen LogP contribution in [-0.2, 0) is 7.05 Å². The number of rotatable bonds is 2. The lowest BCUT2D eigenvalue weighted by Gasteiger charge is -2.06. The molecule has 0 saturated carbocycles. The first-order valence-corrected chi connectivity index (χ1v) is 5.55. The number of aromatic nitrogens is 3. The summed E-state index contributed by atoms with van der Waals surface area (Å²) in [7, 11) is 1.73. The van der Waals surface area contributed by atoms with Gasteiger partial charge in [0.2, 0.25) is 0 Å². The van der Waals surface area contributed by atoms with E-state index in [1.54, 1.807) is 30.1 Å². The lowest BCUT2D eigenvalue weighted by Crippen LogP contribution is -2.16. The van der Waals surface area contributed by atoms with Gasteiger partial charge < -0.3 is 10.4 Å². The lowest BCUT2D eigenvalue weighted by atomic mass is 10.1. The summed E-state index contributed by atoms with van der Waals surface area (Å²) >= 11 is 0. The number of aliphatic hydroxyl groups excluding tert-OH is 1. The summed E-state index contributed by atoms with van der Waals surface area (Å²) < 4.78 is 1.55. The Morgan fingerprint density at radius 2 is 2.32 bits per heavy atom. The van der Waals surface area contributed by atoms with Crippen LogP contribution in [0.15, 0.2) is 30.7 Å². The summed E-state index contributed by atoms with van der Waals surface area (Å²) in [6.07, 6.45) is 4.59. The van der Waals surface area contributed by atoms with Crippen LogP contribution in [0.3, 0.4) is 0 Å². The number of hydrogen-bond donors (Lipinski definition) is 2. The van der Waals surface area contributed by atoms with Gasteiger partial charge in [-0.2, -0.15) is 5.10 Å². The van der Waals surface area contributed by atoms with Crippen LogP contribution in [0.25, 0.3) is 0 Å². The zero-order valence-corrected chi connectivity index (χ0v) is 10.3. The number of anilines is 1. The van der Waals surface area contributed by atoms with Crippen molar-refractivity contribution in [1.29, 1.82) is 0 Å². The van der Waals surface area contributed by atoms with Crippen LogP contribution in [0.1, 0.15) is 15.9 Å². The second-order valence-electron chi connectivity index (χ2n) is 3.68. The minimum Gasteiger partial charge on any atom is -0.384 e. The fourth-order valence-corrected chi connectivity index (χ4v) is 1.51. The molecule has 1 amide bonds. The van der Waals surface area contributed by atoms with E-state index in [1.807, 2.05) is 0 Å². The maximum absolute atomic E-state index is 12.1. The molecule has 0 bridgehead atoms. The van der Waals surface area contributed by atoms with E-state index < -0.39 is 0 Å². The Kier molecular flexibility index (Phi) is 3.90. The highest BCUT2D eigenvalue weighted by Crippen LogP contribution is 2.10. The molecule has 6 nitrogen and oxygen atoms in total. The molecule has 2 heterocycles.